The zero-order chi connectivity index (χ0) is 12.5. The van der Waals surface area contributed by atoms with Crippen molar-refractivity contribution < 1.29 is 14.7 Å². The van der Waals surface area contributed by atoms with Gasteiger partial charge < -0.3 is 14.9 Å². The number of carbonyl (C=O) groups is 2. The summed E-state index contributed by atoms with van der Waals surface area (Å²) in [7, 11) is 1.77. The summed E-state index contributed by atoms with van der Waals surface area (Å²) in [6.07, 6.45) is 0.895. The number of rotatable bonds is 4. The first-order valence-electron chi connectivity index (χ1n) is 5.54. The average molecular weight is 228 g/mol. The minimum Gasteiger partial charge on any atom is -0.481 e. The predicted molar refractivity (Wildman–Crippen MR) is 60.2 cm³/mol. The third kappa shape index (κ3) is 2.28. The fourth-order valence-corrected chi connectivity index (χ4v) is 1.91. The average Bonchev–Trinajstić information content (AvgIpc) is 2.45. The van der Waals surface area contributed by atoms with Crippen LogP contribution < -0.4 is 0 Å². The zero-order valence-corrected chi connectivity index (χ0v) is 10.4. The molecule has 2 amide bonds. The number of amides is 2. The molecule has 1 heterocycles. The standard InChI is InChI=1S/C11H20N2O3/c1-5-8-6-13(10(16)12(8)4)7-11(2,3)9(14)15/h8H,5-7H2,1-4H3,(H,14,15). The summed E-state index contributed by atoms with van der Waals surface area (Å²) in [5.41, 5.74) is -0.890. The van der Waals surface area contributed by atoms with E-state index in [1.54, 1.807) is 30.7 Å². The van der Waals surface area contributed by atoms with E-state index in [2.05, 4.69) is 0 Å². The van der Waals surface area contributed by atoms with Gasteiger partial charge in [-0.25, -0.2) is 4.79 Å². The maximum Gasteiger partial charge on any atom is 0.320 e. The number of carboxylic acid groups (broad SMARTS) is 1. The first-order valence-corrected chi connectivity index (χ1v) is 5.54. The topological polar surface area (TPSA) is 60.9 Å². The van der Waals surface area contributed by atoms with Crippen molar-refractivity contribution in [2.24, 2.45) is 5.41 Å². The van der Waals surface area contributed by atoms with Gasteiger partial charge in [-0.05, 0) is 20.3 Å². The molecule has 1 saturated heterocycles. The van der Waals surface area contributed by atoms with Gasteiger partial charge in [0.15, 0.2) is 0 Å². The Kier molecular flexibility index (Phi) is 3.45. The predicted octanol–water partition coefficient (Wildman–Crippen LogP) is 1.24. The largest absolute Gasteiger partial charge is 0.481 e. The molecule has 1 unspecified atom stereocenters. The van der Waals surface area contributed by atoms with Crippen LogP contribution in [-0.2, 0) is 4.79 Å². The fourth-order valence-electron chi connectivity index (χ4n) is 1.91. The molecule has 0 aliphatic carbocycles. The van der Waals surface area contributed by atoms with E-state index in [9.17, 15) is 9.59 Å². The Balaban J connectivity index is 2.70. The van der Waals surface area contributed by atoms with Gasteiger partial charge in [-0.15, -0.1) is 0 Å². The molecule has 1 aliphatic rings. The second-order valence-electron chi connectivity index (χ2n) is 5.03. The Labute approximate surface area is 96.0 Å². The molecule has 1 atom stereocenters. The van der Waals surface area contributed by atoms with Gasteiger partial charge in [-0.3, -0.25) is 4.79 Å². The van der Waals surface area contributed by atoms with E-state index in [4.69, 9.17) is 5.11 Å². The summed E-state index contributed by atoms with van der Waals surface area (Å²) in [6.45, 7) is 6.20. The lowest BCUT2D eigenvalue weighted by Gasteiger charge is -2.25. The summed E-state index contributed by atoms with van der Waals surface area (Å²) in [5.74, 6) is -0.872. The van der Waals surface area contributed by atoms with Crippen molar-refractivity contribution in [3.63, 3.8) is 0 Å². The SMILES string of the molecule is CCC1CN(CC(C)(C)C(=O)O)C(=O)N1C. The van der Waals surface area contributed by atoms with Gasteiger partial charge >= 0.3 is 12.0 Å². The highest BCUT2D eigenvalue weighted by Crippen LogP contribution is 2.23. The van der Waals surface area contributed by atoms with E-state index in [1.165, 1.54) is 0 Å². The fraction of sp³-hybridized carbons (Fsp3) is 0.818. The van der Waals surface area contributed by atoms with Gasteiger partial charge in [0.25, 0.3) is 0 Å². The van der Waals surface area contributed by atoms with Crippen LogP contribution in [0.15, 0.2) is 0 Å². The smallest absolute Gasteiger partial charge is 0.320 e. The number of hydrogen-bond acceptors (Lipinski definition) is 2. The Morgan fingerprint density at radius 1 is 1.56 bits per heavy atom. The summed E-state index contributed by atoms with van der Waals surface area (Å²) in [6, 6.07) is 0.137. The molecule has 1 N–H and O–H groups in total. The second-order valence-corrected chi connectivity index (χ2v) is 5.03. The molecule has 1 fully saturated rings. The maximum absolute atomic E-state index is 11.8. The lowest BCUT2D eigenvalue weighted by molar-refractivity contribution is -0.147. The number of carboxylic acids is 1. The molecule has 16 heavy (non-hydrogen) atoms. The lowest BCUT2D eigenvalue weighted by atomic mass is 9.93. The van der Waals surface area contributed by atoms with Crippen LogP contribution in [0.1, 0.15) is 27.2 Å². The zero-order valence-electron chi connectivity index (χ0n) is 10.4. The van der Waals surface area contributed by atoms with Crippen molar-refractivity contribution in [2.45, 2.75) is 33.2 Å². The van der Waals surface area contributed by atoms with Gasteiger partial charge in [0, 0.05) is 20.1 Å². The summed E-state index contributed by atoms with van der Waals surface area (Å²) in [4.78, 5) is 26.1. The molecular formula is C11H20N2O3. The number of aliphatic carboxylic acids is 1. The summed E-state index contributed by atoms with van der Waals surface area (Å²) >= 11 is 0. The summed E-state index contributed by atoms with van der Waals surface area (Å²) in [5, 5.41) is 9.03. The van der Waals surface area contributed by atoms with E-state index in [0.29, 0.717) is 6.54 Å². The molecule has 0 saturated carbocycles. The monoisotopic (exact) mass is 228 g/mol. The highest BCUT2D eigenvalue weighted by molar-refractivity contribution is 5.79. The van der Waals surface area contributed by atoms with Crippen molar-refractivity contribution in [3.8, 4) is 0 Å². The normalized spacial score (nSPS) is 21.8. The Morgan fingerprint density at radius 3 is 2.50 bits per heavy atom. The number of nitrogens with zero attached hydrogens (tertiary/aromatic N) is 2. The lowest BCUT2D eigenvalue weighted by Crippen LogP contribution is -2.41. The minimum absolute atomic E-state index is 0.0684. The van der Waals surface area contributed by atoms with Gasteiger partial charge in [-0.1, -0.05) is 6.92 Å². The van der Waals surface area contributed by atoms with Crippen LogP contribution in [0.2, 0.25) is 0 Å². The van der Waals surface area contributed by atoms with Crippen molar-refractivity contribution in [3.05, 3.63) is 0 Å². The number of carbonyl (C=O) groups excluding carboxylic acids is 1. The third-order valence-corrected chi connectivity index (χ3v) is 3.19. The van der Waals surface area contributed by atoms with Crippen LogP contribution in [0, 0.1) is 5.41 Å². The van der Waals surface area contributed by atoms with Crippen LogP contribution in [0.5, 0.6) is 0 Å². The highest BCUT2D eigenvalue weighted by atomic mass is 16.4. The molecule has 0 aromatic carbocycles. The van der Waals surface area contributed by atoms with E-state index in [1.807, 2.05) is 6.92 Å². The number of urea groups is 1. The van der Waals surface area contributed by atoms with Gasteiger partial charge in [-0.2, -0.15) is 0 Å². The van der Waals surface area contributed by atoms with Gasteiger partial charge in [0.1, 0.15) is 0 Å². The molecule has 5 nitrogen and oxygen atoms in total. The van der Waals surface area contributed by atoms with E-state index in [0.717, 1.165) is 6.42 Å². The van der Waals surface area contributed by atoms with Gasteiger partial charge in [0.05, 0.1) is 11.5 Å². The second kappa shape index (κ2) is 4.31. The van der Waals surface area contributed by atoms with Crippen LogP contribution in [0.3, 0.4) is 0 Å². The molecule has 0 aromatic heterocycles. The Bertz CT molecular complexity index is 302. The van der Waals surface area contributed by atoms with E-state index < -0.39 is 11.4 Å². The highest BCUT2D eigenvalue weighted by Gasteiger charge is 2.38. The molecule has 0 spiro atoms. The number of likely N-dealkylation sites (N-methyl/N-ethyl adjacent to an activating group) is 1. The van der Waals surface area contributed by atoms with E-state index in [-0.39, 0.29) is 18.6 Å². The van der Waals surface area contributed by atoms with Crippen LogP contribution in [0.4, 0.5) is 4.79 Å². The van der Waals surface area contributed by atoms with Crippen molar-refractivity contribution >= 4 is 12.0 Å². The Morgan fingerprint density at radius 2 is 2.12 bits per heavy atom. The van der Waals surface area contributed by atoms with Crippen LogP contribution >= 0.6 is 0 Å². The first kappa shape index (κ1) is 12.8. The molecular weight excluding hydrogens is 208 g/mol. The molecule has 5 heteroatoms. The molecule has 0 aromatic rings. The minimum atomic E-state index is -0.890. The van der Waals surface area contributed by atoms with Crippen LogP contribution in [0.25, 0.3) is 0 Å². The molecule has 92 valence electrons. The first-order chi connectivity index (χ1) is 7.29. The van der Waals surface area contributed by atoms with E-state index >= 15 is 0 Å². The van der Waals surface area contributed by atoms with Crippen LogP contribution in [-0.4, -0.2) is 53.1 Å². The van der Waals surface area contributed by atoms with Crippen molar-refractivity contribution in [1.29, 1.82) is 0 Å². The maximum atomic E-state index is 11.8. The van der Waals surface area contributed by atoms with Crippen molar-refractivity contribution in [2.75, 3.05) is 20.1 Å². The third-order valence-electron chi connectivity index (χ3n) is 3.19. The number of hydrogen-bond donors (Lipinski definition) is 1. The quantitative estimate of drug-likeness (QED) is 0.787. The molecule has 0 bridgehead atoms. The molecule has 1 rings (SSSR count). The summed E-state index contributed by atoms with van der Waals surface area (Å²) < 4.78 is 0. The molecule has 0 radical (unpaired) electrons. The Hall–Kier alpha value is -1.26. The van der Waals surface area contributed by atoms with Gasteiger partial charge in [0.2, 0.25) is 0 Å². The van der Waals surface area contributed by atoms with Crippen molar-refractivity contribution in [1.82, 2.24) is 9.80 Å². The molecule has 1 aliphatic heterocycles.